The van der Waals surface area contributed by atoms with Crippen molar-refractivity contribution in [2.45, 2.75) is 6.10 Å². The molecule has 2 aromatic rings. The largest absolute Gasteiger partial charge is 0.387 e. The van der Waals surface area contributed by atoms with E-state index >= 15 is 0 Å². The highest BCUT2D eigenvalue weighted by molar-refractivity contribution is 6.33. The van der Waals surface area contributed by atoms with Crippen LogP contribution in [0, 0.1) is 5.82 Å². The highest BCUT2D eigenvalue weighted by Crippen LogP contribution is 2.26. The van der Waals surface area contributed by atoms with Gasteiger partial charge in [-0.1, -0.05) is 35.9 Å². The fourth-order valence-electron chi connectivity index (χ4n) is 2.94. The minimum absolute atomic E-state index is 0.315. The summed E-state index contributed by atoms with van der Waals surface area (Å²) in [6.07, 6.45) is -0.669. The van der Waals surface area contributed by atoms with Crippen LogP contribution in [0.1, 0.15) is 11.7 Å². The first-order valence-corrected chi connectivity index (χ1v) is 8.16. The van der Waals surface area contributed by atoms with Gasteiger partial charge in [-0.25, -0.2) is 4.39 Å². The van der Waals surface area contributed by atoms with Gasteiger partial charge in [-0.15, -0.1) is 0 Å². The Morgan fingerprint density at radius 2 is 1.78 bits per heavy atom. The van der Waals surface area contributed by atoms with Crippen molar-refractivity contribution >= 4 is 17.3 Å². The van der Waals surface area contributed by atoms with Gasteiger partial charge in [0.15, 0.2) is 0 Å². The Hall–Kier alpha value is -1.62. The minimum Gasteiger partial charge on any atom is -0.387 e. The zero-order valence-corrected chi connectivity index (χ0v) is 13.6. The average Bonchev–Trinajstić information content (AvgIpc) is 2.56. The molecule has 3 nitrogen and oxygen atoms in total. The molecule has 1 atom stereocenters. The van der Waals surface area contributed by atoms with Crippen molar-refractivity contribution in [1.82, 2.24) is 4.90 Å². The number of hydrogen-bond donors (Lipinski definition) is 1. The fourth-order valence-corrected chi connectivity index (χ4v) is 3.20. The molecular weight excluding hydrogens is 315 g/mol. The molecule has 1 N–H and O–H groups in total. The maximum Gasteiger partial charge on any atom is 0.123 e. The van der Waals surface area contributed by atoms with Crippen molar-refractivity contribution in [3.05, 3.63) is 64.9 Å². The number of β-amino-alcohol motifs (C(OH)–C–C–N with tert-alkyl or cyclic N) is 1. The molecule has 122 valence electrons. The second-order valence-electron chi connectivity index (χ2n) is 5.81. The minimum atomic E-state index is -0.669. The summed E-state index contributed by atoms with van der Waals surface area (Å²) in [6, 6.07) is 14.0. The van der Waals surface area contributed by atoms with Crippen LogP contribution in [-0.4, -0.2) is 42.7 Å². The van der Waals surface area contributed by atoms with Crippen LogP contribution in [0.25, 0.3) is 0 Å². The van der Waals surface area contributed by atoms with Crippen molar-refractivity contribution in [1.29, 1.82) is 0 Å². The summed E-state index contributed by atoms with van der Waals surface area (Å²) in [5.41, 5.74) is 1.68. The zero-order valence-electron chi connectivity index (χ0n) is 12.8. The van der Waals surface area contributed by atoms with Crippen molar-refractivity contribution in [3.8, 4) is 0 Å². The van der Waals surface area contributed by atoms with Crippen LogP contribution in [0.15, 0.2) is 48.5 Å². The molecule has 1 heterocycles. The SMILES string of the molecule is OC(CN1CCN(c2ccccc2Cl)CC1)c1cccc(F)c1. The van der Waals surface area contributed by atoms with E-state index in [0.29, 0.717) is 12.1 Å². The molecule has 1 fully saturated rings. The van der Waals surface area contributed by atoms with Crippen LogP contribution in [0.4, 0.5) is 10.1 Å². The molecule has 23 heavy (non-hydrogen) atoms. The standard InChI is InChI=1S/C18H20ClFN2O/c19-16-6-1-2-7-17(16)22-10-8-21(9-11-22)13-18(23)14-4-3-5-15(20)12-14/h1-7,12,18,23H,8-11,13H2. The Morgan fingerprint density at radius 3 is 2.48 bits per heavy atom. The number of nitrogens with zero attached hydrogens (tertiary/aromatic N) is 2. The second kappa shape index (κ2) is 7.30. The first-order chi connectivity index (χ1) is 11.1. The number of hydrogen-bond acceptors (Lipinski definition) is 3. The smallest absolute Gasteiger partial charge is 0.123 e. The molecule has 2 aromatic carbocycles. The summed E-state index contributed by atoms with van der Waals surface area (Å²) < 4.78 is 13.2. The number of rotatable bonds is 4. The fraction of sp³-hybridized carbons (Fsp3) is 0.333. The van der Waals surface area contributed by atoms with Gasteiger partial charge in [-0.3, -0.25) is 4.90 Å². The lowest BCUT2D eigenvalue weighted by molar-refractivity contribution is 0.109. The van der Waals surface area contributed by atoms with Gasteiger partial charge in [0, 0.05) is 32.7 Å². The molecule has 0 saturated carbocycles. The van der Waals surface area contributed by atoms with Crippen LogP contribution in [0.3, 0.4) is 0 Å². The Labute approximate surface area is 140 Å². The third-order valence-electron chi connectivity index (χ3n) is 4.23. The first-order valence-electron chi connectivity index (χ1n) is 7.79. The third-order valence-corrected chi connectivity index (χ3v) is 4.55. The molecule has 1 unspecified atom stereocenters. The number of piperazine rings is 1. The van der Waals surface area contributed by atoms with Crippen molar-refractivity contribution in [2.24, 2.45) is 0 Å². The summed E-state index contributed by atoms with van der Waals surface area (Å²) in [5.74, 6) is -0.315. The van der Waals surface area contributed by atoms with E-state index < -0.39 is 6.10 Å². The van der Waals surface area contributed by atoms with Gasteiger partial charge in [0.2, 0.25) is 0 Å². The number of aliphatic hydroxyl groups excluding tert-OH is 1. The lowest BCUT2D eigenvalue weighted by atomic mass is 10.1. The van der Waals surface area contributed by atoms with Crippen molar-refractivity contribution in [2.75, 3.05) is 37.6 Å². The van der Waals surface area contributed by atoms with Gasteiger partial charge >= 0.3 is 0 Å². The summed E-state index contributed by atoms with van der Waals surface area (Å²) in [7, 11) is 0. The number of anilines is 1. The Balaban J connectivity index is 1.56. The van der Waals surface area contributed by atoms with E-state index in [1.54, 1.807) is 12.1 Å². The summed E-state index contributed by atoms with van der Waals surface area (Å²) in [5, 5.41) is 11.0. The van der Waals surface area contributed by atoms with Crippen LogP contribution < -0.4 is 4.90 Å². The summed E-state index contributed by atoms with van der Waals surface area (Å²) in [4.78, 5) is 4.45. The van der Waals surface area contributed by atoms with Gasteiger partial charge in [-0.2, -0.15) is 0 Å². The van der Waals surface area contributed by atoms with Crippen LogP contribution >= 0.6 is 11.6 Å². The van der Waals surface area contributed by atoms with Gasteiger partial charge in [0.1, 0.15) is 5.82 Å². The maximum atomic E-state index is 13.2. The monoisotopic (exact) mass is 334 g/mol. The summed E-state index contributed by atoms with van der Waals surface area (Å²) >= 11 is 6.24. The molecule has 0 spiro atoms. The van der Waals surface area contributed by atoms with E-state index in [1.165, 1.54) is 12.1 Å². The van der Waals surface area contributed by atoms with E-state index in [2.05, 4.69) is 9.80 Å². The van der Waals surface area contributed by atoms with E-state index in [0.717, 1.165) is 36.9 Å². The highest BCUT2D eigenvalue weighted by atomic mass is 35.5. The lowest BCUT2D eigenvalue weighted by Gasteiger charge is -2.37. The normalized spacial score (nSPS) is 17.3. The Kier molecular flexibility index (Phi) is 5.16. The molecule has 0 aromatic heterocycles. The number of halogens is 2. The Morgan fingerprint density at radius 1 is 1.04 bits per heavy atom. The molecule has 0 amide bonds. The molecule has 3 rings (SSSR count). The molecule has 0 aliphatic carbocycles. The molecule has 1 aliphatic heterocycles. The van der Waals surface area contributed by atoms with Gasteiger partial charge < -0.3 is 10.0 Å². The van der Waals surface area contributed by atoms with Crippen LogP contribution in [0.5, 0.6) is 0 Å². The van der Waals surface area contributed by atoms with Gasteiger partial charge in [0.25, 0.3) is 0 Å². The highest BCUT2D eigenvalue weighted by Gasteiger charge is 2.21. The molecular formula is C18H20ClFN2O. The number of para-hydroxylation sites is 1. The predicted octanol–water partition coefficient (Wildman–Crippen LogP) is 3.33. The van der Waals surface area contributed by atoms with Crippen LogP contribution in [-0.2, 0) is 0 Å². The quantitative estimate of drug-likeness (QED) is 0.929. The number of benzene rings is 2. The van der Waals surface area contributed by atoms with Gasteiger partial charge in [-0.05, 0) is 29.8 Å². The van der Waals surface area contributed by atoms with Crippen molar-refractivity contribution < 1.29 is 9.50 Å². The lowest BCUT2D eigenvalue weighted by Crippen LogP contribution is -2.47. The van der Waals surface area contributed by atoms with Crippen molar-refractivity contribution in [3.63, 3.8) is 0 Å². The molecule has 0 bridgehead atoms. The first kappa shape index (κ1) is 16.2. The van der Waals surface area contributed by atoms with E-state index in [9.17, 15) is 9.50 Å². The predicted molar refractivity (Wildman–Crippen MR) is 91.5 cm³/mol. The van der Waals surface area contributed by atoms with Crippen LogP contribution in [0.2, 0.25) is 5.02 Å². The molecule has 0 radical (unpaired) electrons. The van der Waals surface area contributed by atoms with E-state index in [4.69, 9.17) is 11.6 Å². The second-order valence-corrected chi connectivity index (χ2v) is 6.22. The van der Waals surface area contributed by atoms with Gasteiger partial charge in [0.05, 0.1) is 16.8 Å². The summed E-state index contributed by atoms with van der Waals surface area (Å²) in [6.45, 7) is 3.92. The number of aliphatic hydroxyl groups is 1. The third kappa shape index (κ3) is 4.02. The topological polar surface area (TPSA) is 26.7 Å². The molecule has 1 saturated heterocycles. The molecule has 5 heteroatoms. The maximum absolute atomic E-state index is 13.2. The Bertz CT molecular complexity index is 659. The van der Waals surface area contributed by atoms with E-state index in [-0.39, 0.29) is 5.82 Å². The zero-order chi connectivity index (χ0) is 16.2. The average molecular weight is 335 g/mol. The van der Waals surface area contributed by atoms with E-state index in [1.807, 2.05) is 24.3 Å². The molecule has 1 aliphatic rings.